The Morgan fingerprint density at radius 2 is 2.16 bits per heavy atom. The number of hydrogen-bond donors (Lipinski definition) is 2. The van der Waals surface area contributed by atoms with Gasteiger partial charge in [-0.15, -0.1) is 5.10 Å². The topological polar surface area (TPSA) is 83.5 Å². The van der Waals surface area contributed by atoms with Crippen LogP contribution in [0.3, 0.4) is 0 Å². The Kier molecular flexibility index (Phi) is 5.22. The van der Waals surface area contributed by atoms with Crippen LogP contribution in [0.2, 0.25) is 5.02 Å². The van der Waals surface area contributed by atoms with E-state index in [1.54, 1.807) is 19.1 Å². The van der Waals surface area contributed by atoms with Crippen LogP contribution in [0.1, 0.15) is 27.9 Å². The van der Waals surface area contributed by atoms with Gasteiger partial charge in [0.25, 0.3) is 5.91 Å². The van der Waals surface area contributed by atoms with E-state index >= 15 is 0 Å². The maximum atomic E-state index is 12.0. The van der Waals surface area contributed by atoms with Gasteiger partial charge in [-0.2, -0.15) is 0 Å². The molecule has 0 unspecified atom stereocenters. The number of hydrogen-bond acceptors (Lipinski definition) is 7. The molecule has 1 aliphatic rings. The zero-order valence-corrected chi connectivity index (χ0v) is 15.7. The summed E-state index contributed by atoms with van der Waals surface area (Å²) in [7, 11) is 0. The number of aromatic nitrogens is 1. The molecule has 0 bridgehead atoms. The quantitative estimate of drug-likeness (QED) is 0.468. The highest BCUT2D eigenvalue weighted by Gasteiger charge is 2.24. The fourth-order valence-corrected chi connectivity index (χ4v) is 3.85. The molecule has 1 amide bonds. The van der Waals surface area contributed by atoms with Crippen molar-refractivity contribution in [3.05, 3.63) is 50.3 Å². The Labute approximate surface area is 157 Å². The van der Waals surface area contributed by atoms with E-state index in [1.807, 2.05) is 18.2 Å². The predicted octanol–water partition coefficient (Wildman–Crippen LogP) is 3.89. The molecule has 3 rings (SSSR count). The summed E-state index contributed by atoms with van der Waals surface area (Å²) in [5, 5.41) is 8.27. The molecular formula is C16H13ClN4O2S2. The van der Waals surface area contributed by atoms with Gasteiger partial charge < -0.3 is 0 Å². The lowest BCUT2D eigenvalue weighted by Crippen LogP contribution is -2.20. The Morgan fingerprint density at radius 1 is 1.40 bits per heavy atom. The number of amidine groups is 1. The van der Waals surface area contributed by atoms with Crippen LogP contribution in [0.15, 0.2) is 34.3 Å². The van der Waals surface area contributed by atoms with Crippen molar-refractivity contribution >= 4 is 62.8 Å². The van der Waals surface area contributed by atoms with Crippen molar-refractivity contribution in [1.29, 1.82) is 0 Å². The third-order valence-electron chi connectivity index (χ3n) is 3.21. The van der Waals surface area contributed by atoms with Crippen LogP contribution < -0.4 is 10.7 Å². The van der Waals surface area contributed by atoms with Gasteiger partial charge in [-0.25, -0.2) is 4.98 Å². The second-order valence-electron chi connectivity index (χ2n) is 5.10. The molecule has 0 atom stereocenters. The fourth-order valence-electron chi connectivity index (χ4n) is 2.08. The lowest BCUT2D eigenvalue weighted by Gasteiger charge is -1.97. The maximum absolute atomic E-state index is 12.0. The standard InChI is InChI=1S/C16H13ClN4O2S2/c1-8-13(9(2)22)25-15(18-8)20-21-16-19-14(23)12(24-16)7-10-5-3-4-6-11(10)17/h3-7H,1-2H3,(H,18,20)(H,19,21,23)/b12-7+. The number of halogens is 1. The van der Waals surface area contributed by atoms with E-state index in [0.29, 0.717) is 30.8 Å². The minimum absolute atomic E-state index is 0.0378. The molecular weight excluding hydrogens is 380 g/mol. The van der Waals surface area contributed by atoms with E-state index in [1.165, 1.54) is 30.0 Å². The van der Waals surface area contributed by atoms with E-state index in [0.717, 1.165) is 5.56 Å². The minimum atomic E-state index is -0.245. The number of nitrogens with one attached hydrogen (secondary N) is 2. The number of hydrazone groups is 1. The highest BCUT2D eigenvalue weighted by Crippen LogP contribution is 2.29. The van der Waals surface area contributed by atoms with E-state index in [2.05, 4.69) is 20.8 Å². The second kappa shape index (κ2) is 7.38. The Hall–Kier alpha value is -2.16. The van der Waals surface area contributed by atoms with E-state index in [9.17, 15) is 9.59 Å². The van der Waals surface area contributed by atoms with Crippen molar-refractivity contribution in [3.63, 3.8) is 0 Å². The molecule has 9 heteroatoms. The molecule has 1 fully saturated rings. The zero-order valence-electron chi connectivity index (χ0n) is 13.3. The monoisotopic (exact) mass is 392 g/mol. The number of carbonyl (C=O) groups excluding carboxylic acids is 2. The smallest absolute Gasteiger partial charge is 0.264 e. The van der Waals surface area contributed by atoms with Crippen LogP contribution >= 0.6 is 34.7 Å². The van der Waals surface area contributed by atoms with Gasteiger partial charge in [0, 0.05) is 11.9 Å². The van der Waals surface area contributed by atoms with Crippen LogP contribution in [0.25, 0.3) is 6.08 Å². The van der Waals surface area contributed by atoms with E-state index in [-0.39, 0.29) is 11.7 Å². The van der Waals surface area contributed by atoms with Crippen molar-refractivity contribution in [1.82, 2.24) is 10.3 Å². The van der Waals surface area contributed by atoms with Crippen molar-refractivity contribution < 1.29 is 9.59 Å². The molecule has 2 heterocycles. The summed E-state index contributed by atoms with van der Waals surface area (Å²) < 4.78 is 0. The molecule has 1 aliphatic heterocycles. The van der Waals surface area contributed by atoms with Gasteiger partial charge in [-0.05, 0) is 36.4 Å². The molecule has 1 aromatic carbocycles. The first kappa shape index (κ1) is 17.7. The Balaban J connectivity index is 1.74. The van der Waals surface area contributed by atoms with Crippen LogP contribution in [0.5, 0.6) is 0 Å². The highest BCUT2D eigenvalue weighted by molar-refractivity contribution is 8.18. The molecule has 0 radical (unpaired) electrons. The van der Waals surface area contributed by atoms with Gasteiger partial charge in [0.2, 0.25) is 5.13 Å². The van der Waals surface area contributed by atoms with E-state index in [4.69, 9.17) is 11.6 Å². The third kappa shape index (κ3) is 4.09. The second-order valence-corrected chi connectivity index (χ2v) is 7.54. The molecule has 128 valence electrons. The number of thioether (sulfide) groups is 1. The first-order valence-corrected chi connectivity index (χ1v) is 9.22. The summed E-state index contributed by atoms with van der Waals surface area (Å²) in [6, 6.07) is 7.27. The fraction of sp³-hybridized carbons (Fsp3) is 0.125. The summed E-state index contributed by atoms with van der Waals surface area (Å²) in [6.07, 6.45) is 1.71. The van der Waals surface area contributed by atoms with Gasteiger partial charge in [0.1, 0.15) is 0 Å². The number of amides is 1. The van der Waals surface area contributed by atoms with E-state index < -0.39 is 0 Å². The first-order chi connectivity index (χ1) is 11.9. The van der Waals surface area contributed by atoms with Crippen LogP contribution in [-0.2, 0) is 4.79 Å². The molecule has 0 saturated carbocycles. The van der Waals surface area contributed by atoms with Crippen LogP contribution in [0, 0.1) is 6.92 Å². The summed E-state index contributed by atoms with van der Waals surface area (Å²) >= 11 is 8.53. The number of anilines is 1. The number of ketones is 1. The molecule has 25 heavy (non-hydrogen) atoms. The zero-order chi connectivity index (χ0) is 18.0. The molecule has 6 nitrogen and oxygen atoms in total. The van der Waals surface area contributed by atoms with Crippen LogP contribution in [0.4, 0.5) is 5.13 Å². The minimum Gasteiger partial charge on any atom is -0.299 e. The predicted molar refractivity (Wildman–Crippen MR) is 103 cm³/mol. The Bertz CT molecular complexity index is 921. The number of benzene rings is 1. The lowest BCUT2D eigenvalue weighted by atomic mass is 10.2. The van der Waals surface area contributed by atoms with Gasteiger partial charge in [-0.1, -0.05) is 41.1 Å². The number of thiazole rings is 1. The normalized spacial score (nSPS) is 17.2. The SMILES string of the molecule is CC(=O)c1sc(N/N=C2/NC(=O)/C(=C\c3ccccc3Cl)S2)nc1C. The highest BCUT2D eigenvalue weighted by atomic mass is 35.5. The molecule has 2 aromatic rings. The average molecular weight is 393 g/mol. The van der Waals surface area contributed by atoms with Crippen LogP contribution in [-0.4, -0.2) is 21.8 Å². The summed E-state index contributed by atoms with van der Waals surface area (Å²) in [5.41, 5.74) is 4.19. The van der Waals surface area contributed by atoms with Gasteiger partial charge in [0.15, 0.2) is 11.0 Å². The number of rotatable bonds is 4. The molecule has 1 aromatic heterocycles. The first-order valence-electron chi connectivity index (χ1n) is 7.21. The maximum Gasteiger partial charge on any atom is 0.264 e. The van der Waals surface area contributed by atoms with Crippen molar-refractivity contribution in [2.75, 3.05) is 5.43 Å². The van der Waals surface area contributed by atoms with Gasteiger partial charge >= 0.3 is 0 Å². The molecule has 0 spiro atoms. The van der Waals surface area contributed by atoms with Crippen molar-refractivity contribution in [3.8, 4) is 0 Å². The third-order valence-corrected chi connectivity index (χ3v) is 5.63. The average Bonchev–Trinajstić information content (AvgIpc) is 3.10. The Morgan fingerprint density at radius 3 is 2.84 bits per heavy atom. The lowest BCUT2D eigenvalue weighted by molar-refractivity contribution is -0.115. The summed E-state index contributed by atoms with van der Waals surface area (Å²) in [5.74, 6) is -0.283. The number of aryl methyl sites for hydroxylation is 1. The molecule has 2 N–H and O–H groups in total. The van der Waals surface area contributed by atoms with Gasteiger partial charge in [0.05, 0.1) is 15.5 Å². The largest absolute Gasteiger partial charge is 0.299 e. The number of nitrogens with zero attached hydrogens (tertiary/aromatic N) is 2. The summed E-state index contributed by atoms with van der Waals surface area (Å²) in [6.45, 7) is 3.26. The van der Waals surface area contributed by atoms with Crippen molar-refractivity contribution in [2.24, 2.45) is 5.10 Å². The molecule has 1 saturated heterocycles. The number of Topliss-reactive ketones (excluding diaryl/α,β-unsaturated/α-hetero) is 1. The summed E-state index contributed by atoms with van der Waals surface area (Å²) in [4.78, 5) is 28.8. The number of carbonyl (C=O) groups is 2. The molecule has 0 aliphatic carbocycles. The van der Waals surface area contributed by atoms with Gasteiger partial charge in [-0.3, -0.25) is 20.3 Å². The van der Waals surface area contributed by atoms with Crippen molar-refractivity contribution in [2.45, 2.75) is 13.8 Å².